The molecule has 3 aromatic rings. The van der Waals surface area contributed by atoms with Crippen molar-refractivity contribution in [2.45, 2.75) is 13.8 Å². The van der Waals surface area contributed by atoms with Crippen molar-refractivity contribution in [2.75, 3.05) is 0 Å². The summed E-state index contributed by atoms with van der Waals surface area (Å²) in [6.07, 6.45) is 0. The normalized spacial score (nSPS) is 10.8. The number of rotatable bonds is 2. The van der Waals surface area contributed by atoms with Gasteiger partial charge in [-0.15, -0.1) is 0 Å². The molecule has 0 atom stereocenters. The lowest BCUT2D eigenvalue weighted by Crippen LogP contribution is -1.86. The first-order valence-corrected chi connectivity index (χ1v) is 7.24. The molecule has 0 aliphatic heterocycles. The molecule has 1 N–H and O–H groups in total. The first kappa shape index (κ1) is 13.8. The zero-order chi connectivity index (χ0) is 15.0. The highest BCUT2D eigenvalue weighted by atomic mass is 79.9. The molecule has 1 aromatic heterocycles. The van der Waals surface area contributed by atoms with E-state index in [0.717, 1.165) is 21.2 Å². The van der Waals surface area contributed by atoms with Gasteiger partial charge in [-0.3, -0.25) is 0 Å². The predicted octanol–water partition coefficient (Wildman–Crippen LogP) is 4.49. The highest BCUT2D eigenvalue weighted by molar-refractivity contribution is 9.10. The minimum absolute atomic E-state index is 0.137. The van der Waals surface area contributed by atoms with Gasteiger partial charge < -0.3 is 9.63 Å². The molecule has 106 valence electrons. The summed E-state index contributed by atoms with van der Waals surface area (Å²) in [6.45, 7) is 3.90. The summed E-state index contributed by atoms with van der Waals surface area (Å²) in [5.74, 6) is 0.956. The lowest BCUT2D eigenvalue weighted by atomic mass is 10.1. The van der Waals surface area contributed by atoms with Crippen molar-refractivity contribution in [1.29, 1.82) is 0 Å². The van der Waals surface area contributed by atoms with Crippen LogP contribution in [0.25, 0.3) is 22.8 Å². The number of hydrogen-bond acceptors (Lipinski definition) is 4. The van der Waals surface area contributed by atoms with E-state index in [1.54, 1.807) is 12.1 Å². The van der Waals surface area contributed by atoms with Gasteiger partial charge in [0.15, 0.2) is 0 Å². The van der Waals surface area contributed by atoms with Crippen molar-refractivity contribution in [3.63, 3.8) is 0 Å². The van der Waals surface area contributed by atoms with Crippen LogP contribution in [0.1, 0.15) is 11.1 Å². The van der Waals surface area contributed by atoms with Gasteiger partial charge in [-0.05, 0) is 55.3 Å². The van der Waals surface area contributed by atoms with Crippen LogP contribution < -0.4 is 0 Å². The number of aromatic hydroxyl groups is 1. The summed E-state index contributed by atoms with van der Waals surface area (Å²) in [7, 11) is 0. The Labute approximate surface area is 130 Å². The van der Waals surface area contributed by atoms with Crippen LogP contribution >= 0.6 is 15.9 Å². The van der Waals surface area contributed by atoms with E-state index in [9.17, 15) is 5.11 Å². The molecule has 0 fully saturated rings. The standard InChI is InChI=1S/C16H13BrN2O2/c1-9-3-5-13(14(20)7-9)16-18-15(19-21-16)12-6-4-11(17)8-10(12)2/h3-8,20H,1-2H3. The Kier molecular flexibility index (Phi) is 3.51. The number of benzene rings is 2. The molecule has 0 radical (unpaired) electrons. The van der Waals surface area contributed by atoms with Gasteiger partial charge in [-0.2, -0.15) is 4.98 Å². The summed E-state index contributed by atoms with van der Waals surface area (Å²) in [5, 5.41) is 14.0. The van der Waals surface area contributed by atoms with Crippen LogP contribution in [-0.2, 0) is 0 Å². The van der Waals surface area contributed by atoms with Crippen LogP contribution in [0.5, 0.6) is 5.75 Å². The van der Waals surface area contributed by atoms with Crippen LogP contribution in [0.3, 0.4) is 0 Å². The lowest BCUT2D eigenvalue weighted by molar-refractivity contribution is 0.425. The molecule has 0 saturated carbocycles. The highest BCUT2D eigenvalue weighted by Gasteiger charge is 2.15. The Morgan fingerprint density at radius 1 is 1.05 bits per heavy atom. The molecule has 2 aromatic carbocycles. The molecule has 3 rings (SSSR count). The SMILES string of the molecule is Cc1ccc(-c2nc(-c3ccc(Br)cc3C)no2)c(O)c1. The Morgan fingerprint density at radius 3 is 2.52 bits per heavy atom. The summed E-state index contributed by atoms with van der Waals surface area (Å²) in [6, 6.07) is 11.2. The van der Waals surface area contributed by atoms with Gasteiger partial charge in [-0.25, -0.2) is 0 Å². The fraction of sp³-hybridized carbons (Fsp3) is 0.125. The summed E-state index contributed by atoms with van der Waals surface area (Å²) in [4.78, 5) is 4.38. The second-order valence-electron chi connectivity index (χ2n) is 4.90. The zero-order valence-corrected chi connectivity index (χ0v) is 13.2. The number of phenolic OH excluding ortho intramolecular Hbond substituents is 1. The molecular formula is C16H13BrN2O2. The maximum absolute atomic E-state index is 9.98. The number of aryl methyl sites for hydroxylation is 2. The van der Waals surface area contributed by atoms with Gasteiger partial charge in [0.25, 0.3) is 5.89 Å². The first-order valence-electron chi connectivity index (χ1n) is 6.45. The van der Waals surface area contributed by atoms with E-state index in [1.165, 1.54) is 0 Å². The molecule has 0 aliphatic carbocycles. The van der Waals surface area contributed by atoms with Crippen molar-refractivity contribution in [2.24, 2.45) is 0 Å². The molecule has 5 heteroatoms. The quantitative estimate of drug-likeness (QED) is 0.744. The van der Waals surface area contributed by atoms with E-state index in [1.807, 2.05) is 38.1 Å². The Balaban J connectivity index is 2.03. The second-order valence-corrected chi connectivity index (χ2v) is 5.82. The number of halogens is 1. The molecule has 0 bridgehead atoms. The highest BCUT2D eigenvalue weighted by Crippen LogP contribution is 2.31. The van der Waals surface area contributed by atoms with Gasteiger partial charge in [0, 0.05) is 10.0 Å². The smallest absolute Gasteiger partial charge is 0.261 e. The summed E-state index contributed by atoms with van der Waals surface area (Å²) in [5.41, 5.74) is 3.46. The third kappa shape index (κ3) is 2.69. The van der Waals surface area contributed by atoms with Crippen molar-refractivity contribution in [3.8, 4) is 28.6 Å². The predicted molar refractivity (Wildman–Crippen MR) is 84.0 cm³/mol. The minimum Gasteiger partial charge on any atom is -0.507 e. The van der Waals surface area contributed by atoms with Crippen LogP contribution in [0.15, 0.2) is 45.4 Å². The molecule has 4 nitrogen and oxygen atoms in total. The second kappa shape index (κ2) is 5.33. The van der Waals surface area contributed by atoms with Crippen molar-refractivity contribution in [1.82, 2.24) is 10.1 Å². The Hall–Kier alpha value is -2.14. The number of aromatic nitrogens is 2. The third-order valence-electron chi connectivity index (χ3n) is 3.24. The van der Waals surface area contributed by atoms with Gasteiger partial charge >= 0.3 is 0 Å². The summed E-state index contributed by atoms with van der Waals surface area (Å²) < 4.78 is 6.28. The maximum atomic E-state index is 9.98. The van der Waals surface area contributed by atoms with Crippen LogP contribution in [-0.4, -0.2) is 15.2 Å². The number of hydrogen-bond donors (Lipinski definition) is 1. The molecule has 0 unspecified atom stereocenters. The first-order chi connectivity index (χ1) is 10.0. The van der Waals surface area contributed by atoms with E-state index < -0.39 is 0 Å². The minimum atomic E-state index is 0.137. The van der Waals surface area contributed by atoms with Gasteiger partial charge in [-0.1, -0.05) is 27.2 Å². The van der Waals surface area contributed by atoms with Crippen molar-refractivity contribution < 1.29 is 9.63 Å². The van der Waals surface area contributed by atoms with E-state index in [-0.39, 0.29) is 5.75 Å². The fourth-order valence-corrected chi connectivity index (χ4v) is 2.62. The van der Waals surface area contributed by atoms with E-state index in [0.29, 0.717) is 17.3 Å². The summed E-state index contributed by atoms with van der Waals surface area (Å²) >= 11 is 3.43. The van der Waals surface area contributed by atoms with Crippen LogP contribution in [0.4, 0.5) is 0 Å². The van der Waals surface area contributed by atoms with Crippen LogP contribution in [0.2, 0.25) is 0 Å². The molecule has 0 spiro atoms. The molecule has 0 amide bonds. The Bertz CT molecular complexity index is 746. The molecule has 0 aliphatic rings. The van der Waals surface area contributed by atoms with Gasteiger partial charge in [0.2, 0.25) is 5.82 Å². The molecule has 21 heavy (non-hydrogen) atoms. The van der Waals surface area contributed by atoms with E-state index in [4.69, 9.17) is 4.52 Å². The van der Waals surface area contributed by atoms with Gasteiger partial charge in [0.05, 0.1) is 5.56 Å². The molecule has 0 saturated heterocycles. The van der Waals surface area contributed by atoms with E-state index in [2.05, 4.69) is 26.1 Å². The lowest BCUT2D eigenvalue weighted by Gasteiger charge is -2.01. The maximum Gasteiger partial charge on any atom is 0.261 e. The van der Waals surface area contributed by atoms with E-state index >= 15 is 0 Å². The number of nitrogens with zero attached hydrogens (tertiary/aromatic N) is 2. The average Bonchev–Trinajstić information content (AvgIpc) is 2.87. The molecular weight excluding hydrogens is 332 g/mol. The topological polar surface area (TPSA) is 59.2 Å². The zero-order valence-electron chi connectivity index (χ0n) is 11.6. The third-order valence-corrected chi connectivity index (χ3v) is 3.73. The fourth-order valence-electron chi connectivity index (χ4n) is 2.14. The monoisotopic (exact) mass is 344 g/mol. The average molecular weight is 345 g/mol. The largest absolute Gasteiger partial charge is 0.507 e. The van der Waals surface area contributed by atoms with Crippen LogP contribution in [0, 0.1) is 13.8 Å². The van der Waals surface area contributed by atoms with Crippen molar-refractivity contribution in [3.05, 3.63) is 52.0 Å². The number of phenols is 1. The molecule has 1 heterocycles. The van der Waals surface area contributed by atoms with Gasteiger partial charge in [0.1, 0.15) is 5.75 Å². The Morgan fingerprint density at radius 2 is 1.81 bits per heavy atom. The van der Waals surface area contributed by atoms with Crippen molar-refractivity contribution >= 4 is 15.9 Å².